The molecule has 2 aromatic rings. The second-order valence-corrected chi connectivity index (χ2v) is 6.76. The molecule has 1 heterocycles. The van der Waals surface area contributed by atoms with Crippen molar-refractivity contribution in [2.45, 2.75) is 19.9 Å². The molecule has 0 fully saturated rings. The van der Waals surface area contributed by atoms with Crippen molar-refractivity contribution in [2.75, 3.05) is 37.6 Å². The molecule has 6 nitrogen and oxygen atoms in total. The van der Waals surface area contributed by atoms with Gasteiger partial charge in [-0.1, -0.05) is 0 Å². The van der Waals surface area contributed by atoms with Gasteiger partial charge in [-0.3, -0.25) is 0 Å². The third kappa shape index (κ3) is 4.09. The summed E-state index contributed by atoms with van der Waals surface area (Å²) in [7, 11) is 3.31. The predicted molar refractivity (Wildman–Crippen MR) is 114 cm³/mol. The van der Waals surface area contributed by atoms with Gasteiger partial charge in [0.25, 0.3) is 0 Å². The van der Waals surface area contributed by atoms with Gasteiger partial charge in [-0.2, -0.15) is 0 Å². The van der Waals surface area contributed by atoms with E-state index in [9.17, 15) is 0 Å². The van der Waals surface area contributed by atoms with Gasteiger partial charge in [0.2, 0.25) is 0 Å². The number of hydrogen-bond acceptors (Lipinski definition) is 5. The maximum Gasteiger partial charge on any atom is 0.185 e. The molecule has 0 amide bonds. The maximum atomic E-state index is 6.07. The molecule has 0 unspecified atom stereocenters. The van der Waals surface area contributed by atoms with Gasteiger partial charge in [0, 0.05) is 25.3 Å². The molecule has 0 bridgehead atoms. The van der Waals surface area contributed by atoms with Gasteiger partial charge in [-0.05, 0) is 73.1 Å². The van der Waals surface area contributed by atoms with Crippen molar-refractivity contribution >= 4 is 28.7 Å². The Morgan fingerprint density at radius 3 is 2.33 bits per heavy atom. The van der Waals surface area contributed by atoms with Crippen molar-refractivity contribution in [1.82, 2.24) is 5.01 Å². The third-order valence-electron chi connectivity index (χ3n) is 4.68. The van der Waals surface area contributed by atoms with Gasteiger partial charge in [0.15, 0.2) is 16.6 Å². The van der Waals surface area contributed by atoms with Crippen LogP contribution in [0, 0.1) is 0 Å². The highest BCUT2D eigenvalue weighted by Gasteiger charge is 2.25. The first-order valence-electron chi connectivity index (χ1n) is 8.99. The first-order valence-corrected chi connectivity index (χ1v) is 9.40. The number of hydrazine groups is 1. The summed E-state index contributed by atoms with van der Waals surface area (Å²) in [5.41, 5.74) is 10.5. The Kier molecular flexibility index (Phi) is 6.03. The normalized spacial score (nSPS) is 13.6. The Morgan fingerprint density at radius 1 is 1.15 bits per heavy atom. The highest BCUT2D eigenvalue weighted by atomic mass is 32.1. The van der Waals surface area contributed by atoms with Crippen LogP contribution < -0.4 is 25.5 Å². The standard InChI is InChI=1S/C20H26N4O2S/c1-4-22-16-5-7-17(8-6-16)24(20(21)27)23-10-9-14-11-18(25-2)19(26-3)12-15(14)13-23/h5-8,11-12,22H,4,9-10,13H2,1-3H3,(H2,21,27). The first kappa shape index (κ1) is 19.3. The molecule has 2 aromatic carbocycles. The lowest BCUT2D eigenvalue weighted by Gasteiger charge is -2.38. The van der Waals surface area contributed by atoms with Crippen LogP contribution in [0.3, 0.4) is 0 Å². The molecular formula is C20H26N4O2S. The Morgan fingerprint density at radius 2 is 1.78 bits per heavy atom. The van der Waals surface area contributed by atoms with Crippen LogP contribution in [-0.2, 0) is 13.0 Å². The average Bonchev–Trinajstić information content (AvgIpc) is 2.68. The number of thiocarbonyl (C=S) groups is 1. The van der Waals surface area contributed by atoms with Gasteiger partial charge >= 0.3 is 0 Å². The van der Waals surface area contributed by atoms with E-state index in [0.717, 1.165) is 42.4 Å². The van der Waals surface area contributed by atoms with Gasteiger partial charge in [-0.15, -0.1) is 0 Å². The Bertz CT molecular complexity index is 810. The zero-order valence-corrected chi connectivity index (χ0v) is 16.8. The average molecular weight is 387 g/mol. The molecule has 144 valence electrons. The molecule has 0 atom stereocenters. The minimum absolute atomic E-state index is 0.329. The fraction of sp³-hybridized carbons (Fsp3) is 0.350. The summed E-state index contributed by atoms with van der Waals surface area (Å²) in [6.07, 6.45) is 0.879. The van der Waals surface area contributed by atoms with E-state index >= 15 is 0 Å². The van der Waals surface area contributed by atoms with Crippen LogP contribution in [-0.4, -0.2) is 37.4 Å². The summed E-state index contributed by atoms with van der Waals surface area (Å²) in [5, 5.41) is 7.70. The van der Waals surface area contributed by atoms with Gasteiger partial charge in [0.05, 0.1) is 19.9 Å². The van der Waals surface area contributed by atoms with Crippen molar-refractivity contribution in [2.24, 2.45) is 5.73 Å². The number of rotatable bonds is 6. The molecule has 0 radical (unpaired) electrons. The van der Waals surface area contributed by atoms with Crippen LogP contribution in [0.4, 0.5) is 11.4 Å². The summed E-state index contributed by atoms with van der Waals surface area (Å²) >= 11 is 5.35. The summed E-state index contributed by atoms with van der Waals surface area (Å²) in [4.78, 5) is 0. The van der Waals surface area contributed by atoms with Gasteiger partial charge in [0.1, 0.15) is 0 Å². The van der Waals surface area contributed by atoms with Crippen LogP contribution >= 0.6 is 12.2 Å². The van der Waals surface area contributed by atoms with E-state index in [1.165, 1.54) is 11.1 Å². The molecular weight excluding hydrogens is 360 g/mol. The Labute approximate surface area is 165 Å². The number of fused-ring (bicyclic) bond motifs is 1. The van der Waals surface area contributed by atoms with E-state index < -0.39 is 0 Å². The second-order valence-electron chi connectivity index (χ2n) is 6.34. The lowest BCUT2D eigenvalue weighted by Crippen LogP contribution is -2.51. The number of nitrogens with two attached hydrogens (primary N) is 1. The molecule has 0 spiro atoms. The molecule has 0 aromatic heterocycles. The van der Waals surface area contributed by atoms with E-state index in [4.69, 9.17) is 27.4 Å². The zero-order chi connectivity index (χ0) is 19.4. The monoisotopic (exact) mass is 386 g/mol. The van der Waals surface area contributed by atoms with Gasteiger partial charge in [-0.25, -0.2) is 10.0 Å². The smallest absolute Gasteiger partial charge is 0.185 e. The maximum absolute atomic E-state index is 6.07. The van der Waals surface area contributed by atoms with E-state index in [1.54, 1.807) is 14.2 Å². The number of nitrogens with one attached hydrogen (secondary N) is 1. The minimum Gasteiger partial charge on any atom is -0.493 e. The van der Waals surface area contributed by atoms with Crippen molar-refractivity contribution in [1.29, 1.82) is 0 Å². The van der Waals surface area contributed by atoms with Crippen LogP contribution in [0.5, 0.6) is 11.5 Å². The summed E-state index contributed by atoms with van der Waals surface area (Å²) in [6, 6.07) is 12.2. The highest BCUT2D eigenvalue weighted by molar-refractivity contribution is 7.80. The third-order valence-corrected chi connectivity index (χ3v) is 4.86. The quantitative estimate of drug-likeness (QED) is 0.740. The first-order chi connectivity index (χ1) is 13.1. The molecule has 0 saturated carbocycles. The molecule has 3 rings (SSSR count). The topological polar surface area (TPSA) is 63.0 Å². The molecule has 0 saturated heterocycles. The number of hydrogen-bond donors (Lipinski definition) is 2. The Hall–Kier alpha value is -2.51. The number of nitrogens with zero attached hydrogens (tertiary/aromatic N) is 2. The fourth-order valence-electron chi connectivity index (χ4n) is 3.39. The number of methoxy groups -OCH3 is 2. The SMILES string of the molecule is CCNc1ccc(N(C(N)=S)N2CCc3cc(OC)c(OC)cc3C2)cc1. The van der Waals surface area contributed by atoms with Crippen molar-refractivity contribution in [3.63, 3.8) is 0 Å². The van der Waals surface area contributed by atoms with Crippen molar-refractivity contribution in [3.8, 4) is 11.5 Å². The molecule has 0 aliphatic carbocycles. The van der Waals surface area contributed by atoms with E-state index in [0.29, 0.717) is 11.7 Å². The van der Waals surface area contributed by atoms with Crippen molar-refractivity contribution < 1.29 is 9.47 Å². The lowest BCUT2D eigenvalue weighted by molar-refractivity contribution is 0.263. The second kappa shape index (κ2) is 8.45. The highest BCUT2D eigenvalue weighted by Crippen LogP contribution is 2.34. The molecule has 7 heteroatoms. The van der Waals surface area contributed by atoms with Crippen molar-refractivity contribution in [3.05, 3.63) is 47.5 Å². The van der Waals surface area contributed by atoms with Crippen LogP contribution in [0.25, 0.3) is 0 Å². The number of anilines is 2. The van der Waals surface area contributed by atoms with Crippen LogP contribution in [0.15, 0.2) is 36.4 Å². The van der Waals surface area contributed by atoms with Crippen LogP contribution in [0.1, 0.15) is 18.1 Å². The van der Waals surface area contributed by atoms with Gasteiger partial charge < -0.3 is 20.5 Å². The molecule has 27 heavy (non-hydrogen) atoms. The number of benzene rings is 2. The largest absolute Gasteiger partial charge is 0.493 e. The molecule has 1 aliphatic heterocycles. The Balaban J connectivity index is 1.87. The van der Waals surface area contributed by atoms with E-state index in [2.05, 4.69) is 23.3 Å². The molecule has 3 N–H and O–H groups in total. The van der Waals surface area contributed by atoms with E-state index in [1.807, 2.05) is 35.3 Å². The lowest BCUT2D eigenvalue weighted by atomic mass is 9.99. The fourth-order valence-corrected chi connectivity index (χ4v) is 3.61. The summed E-state index contributed by atoms with van der Waals surface area (Å²) in [5.74, 6) is 1.49. The minimum atomic E-state index is 0.329. The summed E-state index contributed by atoms with van der Waals surface area (Å²) in [6.45, 7) is 4.47. The summed E-state index contributed by atoms with van der Waals surface area (Å²) < 4.78 is 10.9. The van der Waals surface area contributed by atoms with E-state index in [-0.39, 0.29) is 0 Å². The predicted octanol–water partition coefficient (Wildman–Crippen LogP) is 3.16. The molecule has 1 aliphatic rings. The number of ether oxygens (including phenoxy) is 2. The van der Waals surface area contributed by atoms with Crippen LogP contribution in [0.2, 0.25) is 0 Å². The zero-order valence-electron chi connectivity index (χ0n) is 16.0.